The number of hydrogen-bond donors (Lipinski definition) is 1. The molecular weight excluding hydrogens is 652 g/mol. The molecule has 0 saturated carbocycles. The summed E-state index contributed by atoms with van der Waals surface area (Å²) in [6, 6.07) is 8.93. The summed E-state index contributed by atoms with van der Waals surface area (Å²) in [5.74, 6) is -2.15. The van der Waals surface area contributed by atoms with Gasteiger partial charge < -0.3 is 19.3 Å². The molecule has 0 saturated heterocycles. The van der Waals surface area contributed by atoms with E-state index in [-0.39, 0.29) is 45.3 Å². The predicted octanol–water partition coefficient (Wildman–Crippen LogP) is 5.42. The Hall–Kier alpha value is -5.51. The standard InChI is InChI=1S/C30H23ClF4N6O6/c1-15-8-18(38-47-15)11-24(28(43)36-17-5-6-19(22(32)10-17)29(44)46-3)40-13-25(45-2)21(12-27(40)42)20-9-16(31)4-7-23(20)41-14-26(37-39-41)30(33,34)35/h4-10,12-14,24H,11H2,1-3H3,(H,36,43)/t24-/m0/s1. The second-order valence-electron chi connectivity index (χ2n) is 10.0. The van der Waals surface area contributed by atoms with Gasteiger partial charge >= 0.3 is 12.1 Å². The zero-order valence-corrected chi connectivity index (χ0v) is 25.4. The first-order chi connectivity index (χ1) is 22.3. The van der Waals surface area contributed by atoms with Gasteiger partial charge in [0, 0.05) is 40.4 Å². The van der Waals surface area contributed by atoms with Gasteiger partial charge in [-0.05, 0) is 43.3 Å². The lowest BCUT2D eigenvalue weighted by Crippen LogP contribution is -2.34. The van der Waals surface area contributed by atoms with E-state index in [1.807, 2.05) is 0 Å². The van der Waals surface area contributed by atoms with Crippen molar-refractivity contribution in [2.24, 2.45) is 0 Å². The molecule has 0 radical (unpaired) electrons. The van der Waals surface area contributed by atoms with Gasteiger partial charge in [0.05, 0.1) is 43.6 Å². The summed E-state index contributed by atoms with van der Waals surface area (Å²) in [5.41, 5.74) is -1.64. The maximum Gasteiger partial charge on any atom is 0.436 e. The Bertz CT molecular complexity index is 2040. The monoisotopic (exact) mass is 674 g/mol. The molecule has 12 nitrogen and oxygen atoms in total. The fourth-order valence-corrected chi connectivity index (χ4v) is 4.88. The van der Waals surface area contributed by atoms with Crippen molar-refractivity contribution in [2.45, 2.75) is 25.6 Å². The number of nitrogens with one attached hydrogen (secondary N) is 1. The molecular formula is C30H23ClF4N6O6. The number of carbonyl (C=O) groups excluding carboxylic acids is 2. The van der Waals surface area contributed by atoms with Crippen molar-refractivity contribution in [2.75, 3.05) is 19.5 Å². The number of anilines is 1. The predicted molar refractivity (Wildman–Crippen MR) is 158 cm³/mol. The quantitative estimate of drug-likeness (QED) is 0.160. The lowest BCUT2D eigenvalue weighted by Gasteiger charge is -2.21. The Labute approximate surface area is 267 Å². The van der Waals surface area contributed by atoms with Crippen molar-refractivity contribution in [3.05, 3.63) is 105 Å². The molecule has 0 aliphatic heterocycles. The first-order valence-electron chi connectivity index (χ1n) is 13.5. The van der Waals surface area contributed by atoms with E-state index in [2.05, 4.69) is 25.5 Å². The maximum atomic E-state index is 14.6. The van der Waals surface area contributed by atoms with Gasteiger partial charge in [-0.15, -0.1) is 5.10 Å². The Kier molecular flexibility index (Phi) is 9.15. The van der Waals surface area contributed by atoms with E-state index < -0.39 is 41.2 Å². The Morgan fingerprint density at radius 2 is 1.83 bits per heavy atom. The number of benzene rings is 2. The van der Waals surface area contributed by atoms with Crippen molar-refractivity contribution in [1.29, 1.82) is 0 Å². The molecule has 0 spiro atoms. The summed E-state index contributed by atoms with van der Waals surface area (Å²) in [5, 5.41) is 13.4. The number of esters is 1. The van der Waals surface area contributed by atoms with Crippen molar-refractivity contribution < 1.29 is 41.1 Å². The third-order valence-corrected chi connectivity index (χ3v) is 7.14. The van der Waals surface area contributed by atoms with Gasteiger partial charge in [-0.2, -0.15) is 13.2 Å². The number of ether oxygens (including phenoxy) is 2. The van der Waals surface area contributed by atoms with Gasteiger partial charge in [-0.25, -0.2) is 13.9 Å². The Morgan fingerprint density at radius 3 is 2.45 bits per heavy atom. The van der Waals surface area contributed by atoms with E-state index in [0.29, 0.717) is 17.7 Å². The molecule has 1 amide bonds. The van der Waals surface area contributed by atoms with Crippen molar-refractivity contribution in [1.82, 2.24) is 24.7 Å². The van der Waals surface area contributed by atoms with E-state index in [4.69, 9.17) is 20.9 Å². The van der Waals surface area contributed by atoms with Crippen LogP contribution < -0.4 is 15.6 Å². The van der Waals surface area contributed by atoms with Crippen LogP contribution in [-0.4, -0.2) is 50.8 Å². The van der Waals surface area contributed by atoms with Gasteiger partial charge in [0.25, 0.3) is 5.56 Å². The molecule has 5 rings (SSSR count). The molecule has 3 aromatic heterocycles. The summed E-state index contributed by atoms with van der Waals surface area (Å²) in [6.45, 7) is 1.64. The van der Waals surface area contributed by atoms with Crippen LogP contribution in [0.1, 0.15) is 33.5 Å². The van der Waals surface area contributed by atoms with Crippen LogP contribution in [0.5, 0.6) is 5.75 Å². The lowest BCUT2D eigenvalue weighted by molar-refractivity contribution is -0.141. The van der Waals surface area contributed by atoms with Crippen LogP contribution in [0.4, 0.5) is 23.2 Å². The molecule has 0 unspecified atom stereocenters. The number of alkyl halides is 3. The third kappa shape index (κ3) is 7.01. The summed E-state index contributed by atoms with van der Waals surface area (Å²) < 4.78 is 71.5. The number of methoxy groups -OCH3 is 2. The number of aryl methyl sites for hydroxylation is 1. The average molecular weight is 675 g/mol. The average Bonchev–Trinajstić information content (AvgIpc) is 3.69. The SMILES string of the molecule is COC(=O)c1ccc(NC(=O)[C@H](Cc2cc(C)on2)n2cc(OC)c(-c3cc(Cl)ccc3-n3cc(C(F)(F)F)nn3)cc2=O)cc1F. The second-order valence-corrected chi connectivity index (χ2v) is 10.5. The highest BCUT2D eigenvalue weighted by Gasteiger charge is 2.35. The molecule has 0 aliphatic rings. The molecule has 5 aromatic rings. The van der Waals surface area contributed by atoms with Crippen LogP contribution in [0.15, 0.2) is 70.2 Å². The van der Waals surface area contributed by atoms with Crippen LogP contribution in [0, 0.1) is 12.7 Å². The largest absolute Gasteiger partial charge is 0.495 e. The molecule has 0 bridgehead atoms. The van der Waals surface area contributed by atoms with E-state index in [0.717, 1.165) is 34.6 Å². The molecule has 0 aliphatic carbocycles. The molecule has 1 N–H and O–H groups in total. The van der Waals surface area contributed by atoms with Crippen LogP contribution in [0.3, 0.4) is 0 Å². The number of hydrogen-bond acceptors (Lipinski definition) is 9. The molecule has 244 valence electrons. The zero-order valence-electron chi connectivity index (χ0n) is 24.6. The number of aromatic nitrogens is 5. The minimum absolute atomic E-state index is 0.0206. The third-order valence-electron chi connectivity index (χ3n) is 6.90. The van der Waals surface area contributed by atoms with Crippen molar-refractivity contribution in [3.8, 4) is 22.6 Å². The topological polar surface area (TPSA) is 143 Å². The molecule has 17 heteroatoms. The first kappa shape index (κ1) is 32.9. The van der Waals surface area contributed by atoms with E-state index in [1.165, 1.54) is 37.6 Å². The Balaban J connectivity index is 1.58. The summed E-state index contributed by atoms with van der Waals surface area (Å²) in [4.78, 5) is 39.2. The van der Waals surface area contributed by atoms with Crippen molar-refractivity contribution >= 4 is 29.2 Å². The lowest BCUT2D eigenvalue weighted by atomic mass is 10.0. The number of carbonyl (C=O) groups is 2. The maximum absolute atomic E-state index is 14.6. The first-order valence-corrected chi connectivity index (χ1v) is 13.9. The Morgan fingerprint density at radius 1 is 1.06 bits per heavy atom. The van der Waals surface area contributed by atoms with Crippen LogP contribution in [-0.2, 0) is 22.1 Å². The van der Waals surface area contributed by atoms with Crippen LogP contribution in [0.25, 0.3) is 16.8 Å². The van der Waals surface area contributed by atoms with Crippen LogP contribution >= 0.6 is 11.6 Å². The highest BCUT2D eigenvalue weighted by atomic mass is 35.5. The van der Waals surface area contributed by atoms with Gasteiger partial charge in [0.15, 0.2) is 5.69 Å². The highest BCUT2D eigenvalue weighted by Crippen LogP contribution is 2.36. The van der Waals surface area contributed by atoms with Gasteiger partial charge in [0.1, 0.15) is 23.4 Å². The van der Waals surface area contributed by atoms with E-state index in [9.17, 15) is 31.9 Å². The number of nitrogens with zero attached hydrogens (tertiary/aromatic N) is 5. The van der Waals surface area contributed by atoms with Gasteiger partial charge in [-0.1, -0.05) is 22.0 Å². The minimum atomic E-state index is -4.75. The number of amides is 1. The van der Waals surface area contributed by atoms with Gasteiger partial charge in [-0.3, -0.25) is 14.2 Å². The molecule has 1 atom stereocenters. The summed E-state index contributed by atoms with van der Waals surface area (Å²) >= 11 is 6.24. The fraction of sp³-hybridized carbons (Fsp3) is 0.200. The zero-order chi connectivity index (χ0) is 34.0. The fourth-order valence-electron chi connectivity index (χ4n) is 4.70. The summed E-state index contributed by atoms with van der Waals surface area (Å²) in [7, 11) is 2.38. The summed E-state index contributed by atoms with van der Waals surface area (Å²) in [6.07, 6.45) is -2.99. The molecule has 2 aromatic carbocycles. The number of rotatable bonds is 9. The van der Waals surface area contributed by atoms with Crippen LogP contribution in [0.2, 0.25) is 5.02 Å². The second kappa shape index (κ2) is 13.1. The normalized spacial score (nSPS) is 12.1. The molecule has 47 heavy (non-hydrogen) atoms. The molecule has 3 heterocycles. The van der Waals surface area contributed by atoms with E-state index >= 15 is 0 Å². The van der Waals surface area contributed by atoms with Gasteiger partial charge in [0.2, 0.25) is 5.91 Å². The van der Waals surface area contributed by atoms with Crippen molar-refractivity contribution in [3.63, 3.8) is 0 Å². The molecule has 0 fully saturated rings. The van der Waals surface area contributed by atoms with E-state index in [1.54, 1.807) is 13.0 Å². The number of halogens is 5. The smallest absolute Gasteiger partial charge is 0.436 e. The number of pyridine rings is 1. The highest BCUT2D eigenvalue weighted by molar-refractivity contribution is 6.31. The minimum Gasteiger partial charge on any atom is -0.495 e.